The van der Waals surface area contributed by atoms with Crippen molar-refractivity contribution in [1.82, 2.24) is 25.1 Å². The maximum Gasteiger partial charge on any atom is 0.265 e. The number of anilines is 1. The van der Waals surface area contributed by atoms with Gasteiger partial charge in [-0.1, -0.05) is 31.5 Å². The van der Waals surface area contributed by atoms with E-state index in [0.29, 0.717) is 62.1 Å². The van der Waals surface area contributed by atoms with Crippen LogP contribution in [0, 0.1) is 5.92 Å². The number of amides is 2. The molecule has 0 atom stereocenters. The Balaban J connectivity index is 1.62. The molecule has 35 heavy (non-hydrogen) atoms. The number of aromatic amines is 1. The summed E-state index contributed by atoms with van der Waals surface area (Å²) < 4.78 is 5.77. The van der Waals surface area contributed by atoms with E-state index in [1.54, 1.807) is 23.2 Å². The molecule has 4 aromatic rings. The zero-order chi connectivity index (χ0) is 24.7. The van der Waals surface area contributed by atoms with Crippen LogP contribution < -0.4 is 15.4 Å². The SMILES string of the molecule is CC(C)Cc1nc2[nH]ncc2c(-c2ccc3c(c2)OCC(=O)N3Cc2ncc(Cl)cn2)c1C(N)=O. The minimum absolute atomic E-state index is 0.136. The van der Waals surface area contributed by atoms with Gasteiger partial charge in [-0.25, -0.2) is 15.0 Å². The Morgan fingerprint density at radius 2 is 2.03 bits per heavy atom. The van der Waals surface area contributed by atoms with Gasteiger partial charge in [-0.2, -0.15) is 5.10 Å². The molecule has 3 aromatic heterocycles. The molecule has 0 aliphatic carbocycles. The summed E-state index contributed by atoms with van der Waals surface area (Å²) in [5, 5.41) is 8.10. The number of primary amides is 1. The fraction of sp³-hybridized carbons (Fsp3) is 0.250. The standard InChI is InChI=1S/C24H22ClN7O3/c1-12(2)5-16-22(23(26)34)21(15-9-29-31-24(15)30-16)13-3-4-17-18(6-13)35-11-20(33)32(17)10-19-27-7-14(25)8-28-19/h3-4,6-9,12H,5,10-11H2,1-2H3,(H2,26,34)(H,29,30,31). The summed E-state index contributed by atoms with van der Waals surface area (Å²) in [6.07, 6.45) is 5.17. The molecular weight excluding hydrogens is 470 g/mol. The normalized spacial score (nSPS) is 13.3. The summed E-state index contributed by atoms with van der Waals surface area (Å²) in [6.45, 7) is 4.12. The van der Waals surface area contributed by atoms with Crippen LogP contribution >= 0.6 is 11.6 Å². The van der Waals surface area contributed by atoms with Crippen molar-refractivity contribution < 1.29 is 14.3 Å². The first-order valence-corrected chi connectivity index (χ1v) is 11.4. The Morgan fingerprint density at radius 1 is 1.26 bits per heavy atom. The third-order valence-corrected chi connectivity index (χ3v) is 5.88. The lowest BCUT2D eigenvalue weighted by Crippen LogP contribution is -2.38. The highest BCUT2D eigenvalue weighted by atomic mass is 35.5. The Morgan fingerprint density at radius 3 is 2.74 bits per heavy atom. The number of hydrogen-bond acceptors (Lipinski definition) is 7. The molecule has 0 radical (unpaired) electrons. The molecule has 178 valence electrons. The third kappa shape index (κ3) is 4.28. The van der Waals surface area contributed by atoms with Gasteiger partial charge >= 0.3 is 0 Å². The Hall–Kier alpha value is -4.05. The second kappa shape index (κ2) is 8.95. The van der Waals surface area contributed by atoms with Crippen molar-refractivity contribution in [3.63, 3.8) is 0 Å². The molecule has 1 aliphatic heterocycles. The Kier molecular flexibility index (Phi) is 5.81. The van der Waals surface area contributed by atoms with Gasteiger partial charge in [0.1, 0.15) is 11.6 Å². The number of nitrogens with one attached hydrogen (secondary N) is 1. The largest absolute Gasteiger partial charge is 0.482 e. The minimum atomic E-state index is -0.568. The summed E-state index contributed by atoms with van der Waals surface area (Å²) >= 11 is 5.88. The van der Waals surface area contributed by atoms with Crippen LogP contribution in [0.4, 0.5) is 5.69 Å². The van der Waals surface area contributed by atoms with Crippen molar-refractivity contribution in [3.8, 4) is 16.9 Å². The van der Waals surface area contributed by atoms with Gasteiger partial charge in [0.2, 0.25) is 0 Å². The smallest absolute Gasteiger partial charge is 0.265 e. The van der Waals surface area contributed by atoms with Gasteiger partial charge in [-0.15, -0.1) is 0 Å². The van der Waals surface area contributed by atoms with Crippen molar-refractivity contribution in [1.29, 1.82) is 0 Å². The predicted molar refractivity (Wildman–Crippen MR) is 130 cm³/mol. The number of halogens is 1. The number of aromatic nitrogens is 5. The lowest BCUT2D eigenvalue weighted by atomic mass is 9.92. The number of carbonyl (C=O) groups is 2. The first-order valence-electron chi connectivity index (χ1n) is 11.0. The van der Waals surface area contributed by atoms with Crippen LogP contribution in [0.2, 0.25) is 5.02 Å². The first-order chi connectivity index (χ1) is 16.8. The number of benzene rings is 1. The van der Waals surface area contributed by atoms with E-state index in [1.165, 1.54) is 12.4 Å². The number of hydrogen-bond donors (Lipinski definition) is 2. The molecule has 0 spiro atoms. The van der Waals surface area contributed by atoms with Gasteiger partial charge in [-0.3, -0.25) is 19.6 Å². The summed E-state index contributed by atoms with van der Waals surface area (Å²) in [4.78, 5) is 39.8. The number of nitrogens with zero attached hydrogens (tertiary/aromatic N) is 5. The Labute approximate surface area is 205 Å². The van der Waals surface area contributed by atoms with Crippen molar-refractivity contribution >= 4 is 40.1 Å². The summed E-state index contributed by atoms with van der Waals surface area (Å²) in [5.41, 5.74) is 9.27. The zero-order valence-electron chi connectivity index (χ0n) is 19.1. The van der Waals surface area contributed by atoms with Crippen LogP contribution in [0.3, 0.4) is 0 Å². The molecule has 0 saturated carbocycles. The summed E-state index contributed by atoms with van der Waals surface area (Å²) in [7, 11) is 0. The van der Waals surface area contributed by atoms with E-state index < -0.39 is 5.91 Å². The van der Waals surface area contributed by atoms with Crippen molar-refractivity contribution in [2.24, 2.45) is 11.7 Å². The molecule has 4 heterocycles. The molecule has 11 heteroatoms. The van der Waals surface area contributed by atoms with Crippen LogP contribution in [-0.2, 0) is 17.8 Å². The highest BCUT2D eigenvalue weighted by molar-refractivity contribution is 6.30. The molecule has 3 N–H and O–H groups in total. The molecule has 0 bridgehead atoms. The number of fused-ring (bicyclic) bond motifs is 2. The molecule has 10 nitrogen and oxygen atoms in total. The fourth-order valence-corrected chi connectivity index (χ4v) is 4.31. The maximum atomic E-state index is 12.7. The van der Waals surface area contributed by atoms with Gasteiger partial charge < -0.3 is 10.5 Å². The maximum absolute atomic E-state index is 12.7. The van der Waals surface area contributed by atoms with Crippen molar-refractivity contribution in [2.75, 3.05) is 11.5 Å². The number of carbonyl (C=O) groups excluding carboxylic acids is 2. The lowest BCUT2D eigenvalue weighted by Gasteiger charge is -2.29. The molecule has 1 aliphatic rings. The lowest BCUT2D eigenvalue weighted by molar-refractivity contribution is -0.121. The van der Waals surface area contributed by atoms with Crippen LogP contribution in [0.5, 0.6) is 5.75 Å². The van der Waals surface area contributed by atoms with Crippen LogP contribution in [-0.4, -0.2) is 43.6 Å². The quantitative estimate of drug-likeness (QED) is 0.421. The molecule has 5 rings (SSSR count). The first kappa shape index (κ1) is 22.7. The number of rotatable bonds is 6. The summed E-state index contributed by atoms with van der Waals surface area (Å²) in [5.74, 6) is 0.410. The molecule has 0 fully saturated rings. The summed E-state index contributed by atoms with van der Waals surface area (Å²) in [6, 6.07) is 5.39. The van der Waals surface area contributed by atoms with Gasteiger partial charge in [0, 0.05) is 23.3 Å². The average Bonchev–Trinajstić information content (AvgIpc) is 3.28. The van der Waals surface area contributed by atoms with E-state index in [9.17, 15) is 9.59 Å². The predicted octanol–water partition coefficient (Wildman–Crippen LogP) is 3.29. The molecule has 0 saturated heterocycles. The second-order valence-corrected chi connectivity index (χ2v) is 9.11. The van der Waals surface area contributed by atoms with Gasteiger partial charge in [0.25, 0.3) is 11.8 Å². The highest BCUT2D eigenvalue weighted by Gasteiger charge is 2.28. The van der Waals surface area contributed by atoms with Gasteiger partial charge in [-0.05, 0) is 30.0 Å². The van der Waals surface area contributed by atoms with Crippen LogP contribution in [0.1, 0.15) is 35.7 Å². The van der Waals surface area contributed by atoms with E-state index in [1.807, 2.05) is 19.9 Å². The minimum Gasteiger partial charge on any atom is -0.482 e. The van der Waals surface area contributed by atoms with E-state index in [0.717, 1.165) is 0 Å². The molecule has 0 unspecified atom stereocenters. The average molecular weight is 492 g/mol. The topological polar surface area (TPSA) is 140 Å². The number of pyridine rings is 1. The zero-order valence-corrected chi connectivity index (χ0v) is 19.8. The van der Waals surface area contributed by atoms with E-state index in [-0.39, 0.29) is 25.0 Å². The van der Waals surface area contributed by atoms with E-state index in [4.69, 9.17) is 22.1 Å². The number of H-pyrrole nitrogens is 1. The van der Waals surface area contributed by atoms with Crippen molar-refractivity contribution in [3.05, 3.63) is 58.9 Å². The van der Waals surface area contributed by atoms with Gasteiger partial charge in [0.15, 0.2) is 12.3 Å². The number of ether oxygens (including phenoxy) is 1. The monoisotopic (exact) mass is 491 g/mol. The third-order valence-electron chi connectivity index (χ3n) is 5.69. The van der Waals surface area contributed by atoms with Crippen LogP contribution in [0.25, 0.3) is 22.2 Å². The molecular formula is C24H22ClN7O3. The van der Waals surface area contributed by atoms with Crippen LogP contribution in [0.15, 0.2) is 36.8 Å². The highest BCUT2D eigenvalue weighted by Crippen LogP contribution is 2.40. The fourth-order valence-electron chi connectivity index (χ4n) is 4.21. The van der Waals surface area contributed by atoms with E-state index in [2.05, 4.69) is 25.1 Å². The van der Waals surface area contributed by atoms with Crippen molar-refractivity contribution in [2.45, 2.75) is 26.8 Å². The second-order valence-electron chi connectivity index (χ2n) is 8.67. The molecule has 1 aromatic carbocycles. The van der Waals surface area contributed by atoms with E-state index >= 15 is 0 Å². The molecule has 2 amide bonds. The Bertz CT molecular complexity index is 1450. The number of nitrogens with two attached hydrogens (primary N) is 1. The van der Waals surface area contributed by atoms with Gasteiger partial charge in [0.05, 0.1) is 34.7 Å².